The molecule has 1 saturated heterocycles. The van der Waals surface area contributed by atoms with E-state index in [2.05, 4.69) is 5.32 Å². The van der Waals surface area contributed by atoms with Crippen molar-refractivity contribution in [2.24, 2.45) is 0 Å². The highest BCUT2D eigenvalue weighted by Crippen LogP contribution is 2.41. The molecule has 0 spiro atoms. The minimum absolute atomic E-state index is 0. The fourth-order valence-corrected chi connectivity index (χ4v) is 2.26. The monoisotopic (exact) mass is 269 g/mol. The van der Waals surface area contributed by atoms with E-state index in [0.29, 0.717) is 4.90 Å². The average molecular weight is 270 g/mol. The number of hydrogen-bond donors (Lipinski definition) is 1. The van der Waals surface area contributed by atoms with Crippen molar-refractivity contribution in [2.45, 2.75) is 22.9 Å². The predicted molar refractivity (Wildman–Crippen MR) is 61.0 cm³/mol. The second-order valence-corrected chi connectivity index (χ2v) is 4.49. The van der Waals surface area contributed by atoms with Crippen LogP contribution < -0.4 is 5.32 Å². The third-order valence-electron chi connectivity index (χ3n) is 2.34. The minimum atomic E-state index is -4.21. The first-order valence-corrected chi connectivity index (χ1v) is 5.46. The maximum atomic E-state index is 12.2. The van der Waals surface area contributed by atoms with Gasteiger partial charge in [-0.2, -0.15) is 13.2 Å². The highest BCUT2D eigenvalue weighted by atomic mass is 35.5. The standard InChI is InChI=1S/C10H10F3NS.ClH/c11-10(12,13)15-9-4-2-1-3-7(9)8-5-6-14-8;/h1-4,8,14H,5-6H2;1H/t8-;/m0./s1. The van der Waals surface area contributed by atoms with Crippen LogP contribution in [0, 0.1) is 0 Å². The molecule has 0 amide bonds. The number of benzene rings is 1. The minimum Gasteiger partial charge on any atom is -0.310 e. The van der Waals surface area contributed by atoms with Crippen LogP contribution >= 0.6 is 24.2 Å². The lowest BCUT2D eigenvalue weighted by Gasteiger charge is -2.29. The van der Waals surface area contributed by atoms with Gasteiger partial charge in [-0.15, -0.1) is 12.4 Å². The second kappa shape index (κ2) is 5.29. The fourth-order valence-electron chi connectivity index (χ4n) is 1.54. The van der Waals surface area contributed by atoms with E-state index >= 15 is 0 Å². The highest BCUT2D eigenvalue weighted by Gasteiger charge is 2.32. The molecule has 1 N–H and O–H groups in total. The van der Waals surface area contributed by atoms with Crippen molar-refractivity contribution in [1.82, 2.24) is 5.32 Å². The Hall–Kier alpha value is -0.390. The Labute approximate surface area is 102 Å². The zero-order valence-electron chi connectivity index (χ0n) is 8.25. The summed E-state index contributed by atoms with van der Waals surface area (Å²) in [6.07, 6.45) is 0.912. The van der Waals surface area contributed by atoms with E-state index < -0.39 is 5.51 Å². The summed E-state index contributed by atoms with van der Waals surface area (Å²) in [7, 11) is 0. The van der Waals surface area contributed by atoms with Crippen LogP contribution in [0.5, 0.6) is 0 Å². The van der Waals surface area contributed by atoms with Crippen molar-refractivity contribution < 1.29 is 13.2 Å². The number of rotatable bonds is 2. The van der Waals surface area contributed by atoms with Crippen LogP contribution in [0.4, 0.5) is 13.2 Å². The molecule has 2 rings (SSSR count). The highest BCUT2D eigenvalue weighted by molar-refractivity contribution is 8.00. The molecule has 0 radical (unpaired) electrons. The molecule has 0 saturated carbocycles. The molecule has 1 fully saturated rings. The molecule has 1 aromatic carbocycles. The van der Waals surface area contributed by atoms with E-state index in [-0.39, 0.29) is 30.2 Å². The van der Waals surface area contributed by atoms with Crippen molar-refractivity contribution in [3.8, 4) is 0 Å². The van der Waals surface area contributed by atoms with Gasteiger partial charge >= 0.3 is 5.51 Å². The molecule has 0 bridgehead atoms. The van der Waals surface area contributed by atoms with Gasteiger partial charge in [0.15, 0.2) is 0 Å². The molecule has 1 aliphatic heterocycles. The summed E-state index contributed by atoms with van der Waals surface area (Å²) in [6, 6.07) is 6.78. The lowest BCUT2D eigenvalue weighted by atomic mass is 9.98. The normalized spacial score (nSPS) is 19.8. The molecular weight excluding hydrogens is 259 g/mol. The summed E-state index contributed by atoms with van der Waals surface area (Å²) in [5, 5.41) is 3.11. The van der Waals surface area contributed by atoms with Gasteiger partial charge in [-0.3, -0.25) is 0 Å². The Morgan fingerprint density at radius 1 is 1.25 bits per heavy atom. The quantitative estimate of drug-likeness (QED) is 0.821. The second-order valence-electron chi connectivity index (χ2n) is 3.38. The smallest absolute Gasteiger partial charge is 0.310 e. The summed E-state index contributed by atoms with van der Waals surface area (Å²) >= 11 is -0.0350. The van der Waals surface area contributed by atoms with Gasteiger partial charge in [-0.25, -0.2) is 0 Å². The number of hydrogen-bond acceptors (Lipinski definition) is 2. The SMILES string of the molecule is Cl.FC(F)(F)Sc1ccccc1[C@@H]1CCN1. The first-order chi connectivity index (χ1) is 7.06. The van der Waals surface area contributed by atoms with Crippen molar-refractivity contribution in [3.63, 3.8) is 0 Å². The molecule has 90 valence electrons. The molecule has 1 heterocycles. The summed E-state index contributed by atoms with van der Waals surface area (Å²) in [5.74, 6) is 0. The van der Waals surface area contributed by atoms with E-state index in [1.165, 1.54) is 6.07 Å². The van der Waals surface area contributed by atoms with E-state index in [1.807, 2.05) is 0 Å². The van der Waals surface area contributed by atoms with Gasteiger partial charge in [0.1, 0.15) is 0 Å². The Morgan fingerprint density at radius 2 is 1.88 bits per heavy atom. The molecule has 1 aromatic rings. The number of alkyl halides is 3. The first-order valence-electron chi connectivity index (χ1n) is 4.64. The summed E-state index contributed by atoms with van der Waals surface area (Å²) in [5.41, 5.74) is -3.45. The molecule has 1 nitrogen and oxygen atoms in total. The Balaban J connectivity index is 0.00000128. The zero-order chi connectivity index (χ0) is 10.9. The lowest BCUT2D eigenvalue weighted by Crippen LogP contribution is -2.35. The topological polar surface area (TPSA) is 12.0 Å². The van der Waals surface area contributed by atoms with Gasteiger partial charge in [-0.05, 0) is 36.4 Å². The zero-order valence-corrected chi connectivity index (χ0v) is 9.88. The third kappa shape index (κ3) is 3.30. The molecule has 0 aliphatic carbocycles. The van der Waals surface area contributed by atoms with Crippen LogP contribution in [-0.4, -0.2) is 12.1 Å². The van der Waals surface area contributed by atoms with Gasteiger partial charge in [0.2, 0.25) is 0 Å². The van der Waals surface area contributed by atoms with Gasteiger partial charge < -0.3 is 5.32 Å². The van der Waals surface area contributed by atoms with Crippen molar-refractivity contribution in [2.75, 3.05) is 6.54 Å². The van der Waals surface area contributed by atoms with E-state index in [0.717, 1.165) is 18.5 Å². The van der Waals surface area contributed by atoms with Crippen LogP contribution in [0.3, 0.4) is 0 Å². The summed E-state index contributed by atoms with van der Waals surface area (Å²) in [4.78, 5) is 0.308. The maximum Gasteiger partial charge on any atom is 0.446 e. The number of thioether (sulfide) groups is 1. The van der Waals surface area contributed by atoms with Crippen LogP contribution in [0.2, 0.25) is 0 Å². The Morgan fingerprint density at radius 3 is 2.38 bits per heavy atom. The lowest BCUT2D eigenvalue weighted by molar-refractivity contribution is -0.0328. The van der Waals surface area contributed by atoms with E-state index in [4.69, 9.17) is 0 Å². The molecule has 6 heteroatoms. The maximum absolute atomic E-state index is 12.2. The summed E-state index contributed by atoms with van der Waals surface area (Å²) < 4.78 is 36.7. The van der Waals surface area contributed by atoms with Crippen molar-refractivity contribution in [3.05, 3.63) is 29.8 Å². The van der Waals surface area contributed by atoms with E-state index in [9.17, 15) is 13.2 Å². The van der Waals surface area contributed by atoms with Gasteiger partial charge in [0.25, 0.3) is 0 Å². The average Bonchev–Trinajstić information content (AvgIpc) is 2.02. The molecule has 0 aromatic heterocycles. The Kier molecular flexibility index (Phi) is 4.52. The largest absolute Gasteiger partial charge is 0.446 e. The number of nitrogens with one attached hydrogen (secondary N) is 1. The van der Waals surface area contributed by atoms with Crippen LogP contribution in [0.1, 0.15) is 18.0 Å². The predicted octanol–water partition coefficient (Wildman–Crippen LogP) is 3.75. The summed E-state index contributed by atoms with van der Waals surface area (Å²) in [6.45, 7) is 0.885. The molecule has 16 heavy (non-hydrogen) atoms. The van der Waals surface area contributed by atoms with Crippen molar-refractivity contribution in [1.29, 1.82) is 0 Å². The van der Waals surface area contributed by atoms with Crippen LogP contribution in [0.25, 0.3) is 0 Å². The first kappa shape index (κ1) is 13.7. The van der Waals surface area contributed by atoms with Crippen molar-refractivity contribution >= 4 is 24.2 Å². The Bertz CT molecular complexity index is 352. The number of halogens is 4. The molecule has 1 atom stereocenters. The van der Waals surface area contributed by atoms with Gasteiger partial charge in [0.05, 0.1) is 0 Å². The van der Waals surface area contributed by atoms with Crippen LogP contribution in [-0.2, 0) is 0 Å². The fraction of sp³-hybridized carbons (Fsp3) is 0.400. The molecular formula is C10H11ClF3NS. The molecule has 0 unspecified atom stereocenters. The van der Waals surface area contributed by atoms with Gasteiger partial charge in [-0.1, -0.05) is 18.2 Å². The van der Waals surface area contributed by atoms with Gasteiger partial charge in [0, 0.05) is 10.9 Å². The van der Waals surface area contributed by atoms with E-state index in [1.54, 1.807) is 18.2 Å². The third-order valence-corrected chi connectivity index (χ3v) is 3.17. The molecule has 1 aliphatic rings. The van der Waals surface area contributed by atoms with Crippen LogP contribution in [0.15, 0.2) is 29.2 Å².